The van der Waals surface area contributed by atoms with E-state index in [2.05, 4.69) is 10.6 Å². The normalized spacial score (nSPS) is 11.7. The third-order valence-electron chi connectivity index (χ3n) is 5.24. The Morgan fingerprint density at radius 3 is 1.85 bits per heavy atom. The van der Waals surface area contributed by atoms with Gasteiger partial charge in [0.1, 0.15) is 6.04 Å². The van der Waals surface area contributed by atoms with Crippen LogP contribution in [0.1, 0.15) is 41.4 Å². The maximum atomic E-state index is 12.7. The van der Waals surface area contributed by atoms with Crippen molar-refractivity contribution in [1.29, 1.82) is 0 Å². The molecule has 1 atom stereocenters. The van der Waals surface area contributed by atoms with E-state index in [1.165, 1.54) is 0 Å². The number of hydrogen-bond donors (Lipinski definition) is 2. The molecule has 34 heavy (non-hydrogen) atoms. The zero-order valence-corrected chi connectivity index (χ0v) is 19.8. The van der Waals surface area contributed by atoms with Gasteiger partial charge < -0.3 is 15.4 Å². The van der Waals surface area contributed by atoms with Crippen molar-refractivity contribution >= 4 is 29.4 Å². The average Bonchev–Trinajstić information content (AvgIpc) is 2.85. The van der Waals surface area contributed by atoms with Gasteiger partial charge in [0.15, 0.2) is 6.61 Å². The van der Waals surface area contributed by atoms with Gasteiger partial charge in [-0.25, -0.2) is 4.79 Å². The monoisotopic (exact) mass is 478 g/mol. The first-order valence-electron chi connectivity index (χ1n) is 11.0. The van der Waals surface area contributed by atoms with Crippen LogP contribution in [-0.2, 0) is 14.3 Å². The first-order chi connectivity index (χ1) is 16.4. The van der Waals surface area contributed by atoms with Crippen molar-refractivity contribution in [2.24, 2.45) is 5.92 Å². The molecule has 0 aromatic heterocycles. The molecule has 0 aliphatic carbocycles. The minimum Gasteiger partial charge on any atom is -0.454 e. The SMILES string of the molecule is CC(C)[C@H](NC(=O)c1ccccc1Cl)C(=O)OCC(=O)NC(c1ccccc1)c1ccccc1. The summed E-state index contributed by atoms with van der Waals surface area (Å²) in [6, 6.07) is 24.3. The van der Waals surface area contributed by atoms with Crippen LogP contribution in [-0.4, -0.2) is 30.4 Å². The lowest BCUT2D eigenvalue weighted by Crippen LogP contribution is -2.46. The molecule has 0 heterocycles. The molecule has 0 spiro atoms. The number of ether oxygens (including phenoxy) is 1. The van der Waals surface area contributed by atoms with Crippen molar-refractivity contribution in [3.8, 4) is 0 Å². The summed E-state index contributed by atoms with van der Waals surface area (Å²) in [6.07, 6.45) is 0. The number of nitrogens with one attached hydrogen (secondary N) is 2. The molecule has 3 rings (SSSR count). The fourth-order valence-corrected chi connectivity index (χ4v) is 3.66. The summed E-state index contributed by atoms with van der Waals surface area (Å²) in [7, 11) is 0. The highest BCUT2D eigenvalue weighted by Crippen LogP contribution is 2.21. The van der Waals surface area contributed by atoms with E-state index >= 15 is 0 Å². The van der Waals surface area contributed by atoms with Gasteiger partial charge in [-0.05, 0) is 29.2 Å². The quantitative estimate of drug-likeness (QED) is 0.442. The number of hydrogen-bond acceptors (Lipinski definition) is 4. The minimum atomic E-state index is -0.935. The third kappa shape index (κ3) is 6.68. The highest BCUT2D eigenvalue weighted by molar-refractivity contribution is 6.33. The van der Waals surface area contributed by atoms with Crippen LogP contribution >= 0.6 is 11.6 Å². The van der Waals surface area contributed by atoms with Crippen LogP contribution < -0.4 is 10.6 Å². The molecule has 3 aromatic rings. The van der Waals surface area contributed by atoms with Crippen LogP contribution in [0.2, 0.25) is 5.02 Å². The van der Waals surface area contributed by atoms with Crippen molar-refractivity contribution < 1.29 is 19.1 Å². The highest BCUT2D eigenvalue weighted by atomic mass is 35.5. The first kappa shape index (κ1) is 25.0. The van der Waals surface area contributed by atoms with Crippen LogP contribution in [0, 0.1) is 5.92 Å². The number of carbonyl (C=O) groups is 3. The molecule has 0 unspecified atom stereocenters. The number of esters is 1. The molecule has 0 aliphatic heterocycles. The summed E-state index contributed by atoms with van der Waals surface area (Å²) in [4.78, 5) is 38.0. The Hall–Kier alpha value is -3.64. The fourth-order valence-electron chi connectivity index (χ4n) is 3.44. The molecule has 7 heteroatoms. The molecule has 0 saturated carbocycles. The molecule has 3 aromatic carbocycles. The zero-order chi connectivity index (χ0) is 24.5. The number of benzene rings is 3. The lowest BCUT2D eigenvalue weighted by atomic mass is 9.99. The lowest BCUT2D eigenvalue weighted by Gasteiger charge is -2.22. The van der Waals surface area contributed by atoms with Gasteiger partial charge in [0.05, 0.1) is 16.6 Å². The molecule has 176 valence electrons. The molecular weight excluding hydrogens is 452 g/mol. The minimum absolute atomic E-state index is 0.258. The summed E-state index contributed by atoms with van der Waals surface area (Å²) in [5.41, 5.74) is 2.06. The Kier molecular flexibility index (Phi) is 8.82. The predicted molar refractivity (Wildman–Crippen MR) is 131 cm³/mol. The van der Waals surface area contributed by atoms with E-state index in [4.69, 9.17) is 16.3 Å². The van der Waals surface area contributed by atoms with Gasteiger partial charge in [-0.3, -0.25) is 9.59 Å². The Bertz CT molecular complexity index is 1080. The maximum Gasteiger partial charge on any atom is 0.329 e. The van der Waals surface area contributed by atoms with Gasteiger partial charge in [0.2, 0.25) is 0 Å². The largest absolute Gasteiger partial charge is 0.454 e. The van der Waals surface area contributed by atoms with Gasteiger partial charge in [-0.2, -0.15) is 0 Å². The van der Waals surface area contributed by atoms with Crippen LogP contribution in [0.25, 0.3) is 0 Å². The van der Waals surface area contributed by atoms with E-state index in [-0.39, 0.29) is 16.5 Å². The van der Waals surface area contributed by atoms with E-state index in [1.807, 2.05) is 60.7 Å². The molecule has 0 saturated heterocycles. The van der Waals surface area contributed by atoms with Crippen molar-refractivity contribution in [3.63, 3.8) is 0 Å². The van der Waals surface area contributed by atoms with Crippen LogP contribution in [0.15, 0.2) is 84.9 Å². The molecule has 0 bridgehead atoms. The molecular formula is C27H27ClN2O4. The summed E-state index contributed by atoms with van der Waals surface area (Å²) in [6.45, 7) is 3.08. The van der Waals surface area contributed by atoms with Gasteiger partial charge >= 0.3 is 5.97 Å². The molecule has 0 aliphatic rings. The predicted octanol–water partition coefficient (Wildman–Crippen LogP) is 4.54. The van der Waals surface area contributed by atoms with Crippen LogP contribution in [0.5, 0.6) is 0 Å². The lowest BCUT2D eigenvalue weighted by molar-refractivity contribution is -0.151. The van der Waals surface area contributed by atoms with E-state index in [0.717, 1.165) is 11.1 Å². The Morgan fingerprint density at radius 2 is 1.32 bits per heavy atom. The number of amides is 2. The molecule has 0 radical (unpaired) electrons. The van der Waals surface area contributed by atoms with E-state index in [1.54, 1.807) is 38.1 Å². The van der Waals surface area contributed by atoms with Crippen molar-refractivity contribution in [2.75, 3.05) is 6.61 Å². The zero-order valence-electron chi connectivity index (χ0n) is 19.0. The Labute approximate surface area is 204 Å². The third-order valence-corrected chi connectivity index (χ3v) is 5.57. The second-order valence-electron chi connectivity index (χ2n) is 8.10. The maximum absolute atomic E-state index is 12.7. The van der Waals surface area contributed by atoms with Crippen LogP contribution in [0.4, 0.5) is 0 Å². The van der Waals surface area contributed by atoms with E-state index in [0.29, 0.717) is 0 Å². The molecule has 6 nitrogen and oxygen atoms in total. The summed E-state index contributed by atoms with van der Waals surface area (Å²) >= 11 is 6.08. The van der Waals surface area contributed by atoms with Gasteiger partial charge in [-0.15, -0.1) is 0 Å². The molecule has 2 N–H and O–H groups in total. The number of halogens is 1. The first-order valence-corrected chi connectivity index (χ1v) is 11.4. The van der Waals surface area contributed by atoms with Crippen molar-refractivity contribution in [1.82, 2.24) is 10.6 Å². The second-order valence-corrected chi connectivity index (χ2v) is 8.51. The summed E-state index contributed by atoms with van der Waals surface area (Å²) < 4.78 is 5.27. The Morgan fingerprint density at radius 1 is 0.794 bits per heavy atom. The smallest absolute Gasteiger partial charge is 0.329 e. The van der Waals surface area contributed by atoms with Gasteiger partial charge in [-0.1, -0.05) is 98.2 Å². The van der Waals surface area contributed by atoms with Crippen LogP contribution in [0.3, 0.4) is 0 Å². The fraction of sp³-hybridized carbons (Fsp3) is 0.222. The Balaban J connectivity index is 1.64. The molecule has 2 amide bonds. The average molecular weight is 479 g/mol. The van der Waals surface area contributed by atoms with E-state index < -0.39 is 36.5 Å². The molecule has 0 fully saturated rings. The van der Waals surface area contributed by atoms with E-state index in [9.17, 15) is 14.4 Å². The summed E-state index contributed by atoms with van der Waals surface area (Å²) in [5, 5.41) is 5.87. The van der Waals surface area contributed by atoms with Gasteiger partial charge in [0, 0.05) is 0 Å². The highest BCUT2D eigenvalue weighted by Gasteiger charge is 2.28. The van der Waals surface area contributed by atoms with Crippen molar-refractivity contribution in [2.45, 2.75) is 25.9 Å². The van der Waals surface area contributed by atoms with Crippen molar-refractivity contribution in [3.05, 3.63) is 107 Å². The number of carbonyl (C=O) groups excluding carboxylic acids is 3. The standard InChI is InChI=1S/C27H27ClN2O4/c1-18(2)24(30-26(32)21-15-9-10-16-22(21)28)27(33)34-17-23(31)29-25(19-11-5-3-6-12-19)20-13-7-4-8-14-20/h3-16,18,24-25H,17H2,1-2H3,(H,29,31)(H,30,32)/t24-/m0/s1. The number of rotatable bonds is 9. The second kappa shape index (κ2) is 12.0. The topological polar surface area (TPSA) is 84.5 Å². The van der Waals surface area contributed by atoms with Gasteiger partial charge in [0.25, 0.3) is 11.8 Å². The summed E-state index contributed by atoms with van der Waals surface area (Å²) in [5.74, 6) is -1.89.